The molecule has 0 aromatic carbocycles. The molecule has 3 nitrogen and oxygen atoms in total. The van der Waals surface area contributed by atoms with Crippen molar-refractivity contribution in [2.75, 3.05) is 20.1 Å². The molecule has 2 N–H and O–H groups in total. The van der Waals surface area contributed by atoms with Crippen molar-refractivity contribution in [1.82, 2.24) is 4.90 Å². The Morgan fingerprint density at radius 2 is 2.27 bits per heavy atom. The van der Waals surface area contributed by atoms with Crippen LogP contribution in [0.5, 0.6) is 0 Å². The molecular weight excluding hydrogens is 140 g/mol. The summed E-state index contributed by atoms with van der Waals surface area (Å²) in [4.78, 5) is 13.2. The van der Waals surface area contributed by atoms with Crippen molar-refractivity contribution in [3.05, 3.63) is 0 Å². The zero-order chi connectivity index (χ0) is 8.43. The molecule has 0 radical (unpaired) electrons. The Kier molecular flexibility index (Phi) is 2.62. The Labute approximate surface area is 67.5 Å². The van der Waals surface area contributed by atoms with E-state index in [0.29, 0.717) is 0 Å². The van der Waals surface area contributed by atoms with Gasteiger partial charge in [0, 0.05) is 18.5 Å². The summed E-state index contributed by atoms with van der Waals surface area (Å²) in [5.74, 6) is 0.344. The van der Waals surface area contributed by atoms with Gasteiger partial charge in [0.05, 0.1) is 0 Å². The largest absolute Gasteiger partial charge is 0.326 e. The maximum absolute atomic E-state index is 11.0. The lowest BCUT2D eigenvalue weighted by Crippen LogP contribution is -2.49. The molecule has 2 unspecified atom stereocenters. The summed E-state index contributed by atoms with van der Waals surface area (Å²) >= 11 is 0. The summed E-state index contributed by atoms with van der Waals surface area (Å²) in [6, 6.07) is 0.0475. The monoisotopic (exact) mass is 156 g/mol. The van der Waals surface area contributed by atoms with E-state index in [9.17, 15) is 4.79 Å². The Morgan fingerprint density at radius 1 is 1.64 bits per heavy atom. The average molecular weight is 156 g/mol. The van der Waals surface area contributed by atoms with Crippen LogP contribution in [0.15, 0.2) is 0 Å². The molecule has 0 amide bonds. The van der Waals surface area contributed by atoms with Crippen LogP contribution >= 0.6 is 0 Å². The first-order chi connectivity index (χ1) is 5.11. The normalized spacial score (nSPS) is 33.7. The fourth-order valence-corrected chi connectivity index (χ4v) is 1.66. The summed E-state index contributed by atoms with van der Waals surface area (Å²) in [6.07, 6.45) is 0.924. The van der Waals surface area contributed by atoms with E-state index in [1.165, 1.54) is 0 Å². The number of carbonyl (C=O) groups is 1. The molecule has 3 heteroatoms. The van der Waals surface area contributed by atoms with Crippen LogP contribution in [0.1, 0.15) is 13.3 Å². The number of likely N-dealkylation sites (tertiary alicyclic amines) is 1. The number of nitrogens with two attached hydrogens (primary N) is 1. The van der Waals surface area contributed by atoms with Gasteiger partial charge in [0.15, 0.2) is 0 Å². The molecule has 0 aliphatic carbocycles. The van der Waals surface area contributed by atoms with Gasteiger partial charge in [0.1, 0.15) is 5.78 Å². The Bertz CT molecular complexity index is 158. The molecule has 11 heavy (non-hydrogen) atoms. The van der Waals surface area contributed by atoms with E-state index in [0.717, 1.165) is 19.5 Å². The van der Waals surface area contributed by atoms with Crippen LogP contribution in [0.25, 0.3) is 0 Å². The maximum Gasteiger partial charge on any atom is 0.134 e. The third kappa shape index (κ3) is 2.01. The molecule has 0 spiro atoms. The van der Waals surface area contributed by atoms with E-state index in [-0.39, 0.29) is 17.7 Å². The van der Waals surface area contributed by atoms with Crippen LogP contribution in [-0.2, 0) is 4.79 Å². The summed E-state index contributed by atoms with van der Waals surface area (Å²) in [6.45, 7) is 3.48. The van der Waals surface area contributed by atoms with Gasteiger partial charge in [-0.05, 0) is 26.9 Å². The minimum Gasteiger partial charge on any atom is -0.326 e. The van der Waals surface area contributed by atoms with E-state index in [1.54, 1.807) is 6.92 Å². The Morgan fingerprint density at radius 3 is 2.73 bits per heavy atom. The molecule has 0 aromatic heterocycles. The highest BCUT2D eigenvalue weighted by Crippen LogP contribution is 2.15. The van der Waals surface area contributed by atoms with Crippen LogP contribution in [0, 0.1) is 5.92 Å². The van der Waals surface area contributed by atoms with Crippen molar-refractivity contribution >= 4 is 5.78 Å². The molecule has 0 saturated carbocycles. The molecule has 1 fully saturated rings. The average Bonchev–Trinajstić information content (AvgIpc) is 1.85. The maximum atomic E-state index is 11.0. The number of hydrogen-bond acceptors (Lipinski definition) is 3. The second-order valence-electron chi connectivity index (χ2n) is 3.43. The van der Waals surface area contributed by atoms with Crippen molar-refractivity contribution < 1.29 is 4.79 Å². The number of ketones is 1. The molecule has 0 bridgehead atoms. The smallest absolute Gasteiger partial charge is 0.134 e. The second kappa shape index (κ2) is 3.32. The SMILES string of the molecule is CC(=O)C1CCN(C)CC1N. The van der Waals surface area contributed by atoms with E-state index >= 15 is 0 Å². The molecule has 1 aliphatic rings. The molecular formula is C8H16N2O. The van der Waals surface area contributed by atoms with Crippen molar-refractivity contribution in [2.24, 2.45) is 11.7 Å². The van der Waals surface area contributed by atoms with Crippen LogP contribution in [-0.4, -0.2) is 36.9 Å². The predicted octanol–water partition coefficient (Wildman–Crippen LogP) is -0.146. The van der Waals surface area contributed by atoms with Gasteiger partial charge in [-0.25, -0.2) is 0 Å². The summed E-state index contributed by atoms with van der Waals surface area (Å²) in [5, 5.41) is 0. The highest BCUT2D eigenvalue weighted by molar-refractivity contribution is 5.79. The number of likely N-dealkylation sites (N-methyl/N-ethyl adjacent to an activating group) is 1. The molecule has 2 atom stereocenters. The number of piperidine rings is 1. The summed E-state index contributed by atoms with van der Waals surface area (Å²) in [5.41, 5.74) is 5.81. The fourth-order valence-electron chi connectivity index (χ4n) is 1.66. The van der Waals surface area contributed by atoms with Crippen molar-refractivity contribution in [3.8, 4) is 0 Å². The number of rotatable bonds is 1. The highest BCUT2D eigenvalue weighted by Gasteiger charge is 2.27. The molecule has 1 rings (SSSR count). The number of Topliss-reactive ketones (excluding diaryl/α,β-unsaturated/α-hetero) is 1. The lowest BCUT2D eigenvalue weighted by atomic mass is 9.89. The summed E-state index contributed by atoms with van der Waals surface area (Å²) < 4.78 is 0. The third-order valence-electron chi connectivity index (χ3n) is 2.38. The lowest BCUT2D eigenvalue weighted by molar-refractivity contribution is -0.122. The minimum atomic E-state index is 0.0475. The molecule has 1 aliphatic heterocycles. The van der Waals surface area contributed by atoms with Gasteiger partial charge < -0.3 is 10.6 Å². The molecule has 1 saturated heterocycles. The van der Waals surface area contributed by atoms with Crippen molar-refractivity contribution in [2.45, 2.75) is 19.4 Å². The molecule has 0 aromatic rings. The van der Waals surface area contributed by atoms with Gasteiger partial charge in [-0.15, -0.1) is 0 Å². The number of nitrogens with zero attached hydrogens (tertiary/aromatic N) is 1. The predicted molar refractivity (Wildman–Crippen MR) is 44.3 cm³/mol. The Balaban J connectivity index is 2.50. The topological polar surface area (TPSA) is 46.3 Å². The minimum absolute atomic E-state index is 0.0475. The second-order valence-corrected chi connectivity index (χ2v) is 3.43. The lowest BCUT2D eigenvalue weighted by Gasteiger charge is -2.32. The van der Waals surface area contributed by atoms with Crippen LogP contribution in [0.4, 0.5) is 0 Å². The van der Waals surface area contributed by atoms with E-state index in [2.05, 4.69) is 4.90 Å². The zero-order valence-electron chi connectivity index (χ0n) is 7.21. The van der Waals surface area contributed by atoms with E-state index < -0.39 is 0 Å². The van der Waals surface area contributed by atoms with Gasteiger partial charge in [-0.3, -0.25) is 4.79 Å². The first kappa shape index (κ1) is 8.68. The van der Waals surface area contributed by atoms with Gasteiger partial charge >= 0.3 is 0 Å². The van der Waals surface area contributed by atoms with Gasteiger partial charge in [-0.2, -0.15) is 0 Å². The first-order valence-corrected chi connectivity index (χ1v) is 4.06. The highest BCUT2D eigenvalue weighted by atomic mass is 16.1. The summed E-state index contributed by atoms with van der Waals surface area (Å²) in [7, 11) is 2.04. The third-order valence-corrected chi connectivity index (χ3v) is 2.38. The van der Waals surface area contributed by atoms with Crippen molar-refractivity contribution in [3.63, 3.8) is 0 Å². The van der Waals surface area contributed by atoms with Crippen LogP contribution in [0.3, 0.4) is 0 Å². The van der Waals surface area contributed by atoms with E-state index in [1.807, 2.05) is 7.05 Å². The van der Waals surface area contributed by atoms with Gasteiger partial charge in [0.25, 0.3) is 0 Å². The van der Waals surface area contributed by atoms with E-state index in [4.69, 9.17) is 5.73 Å². The van der Waals surface area contributed by atoms with Gasteiger partial charge in [0.2, 0.25) is 0 Å². The number of carbonyl (C=O) groups excluding carboxylic acids is 1. The van der Waals surface area contributed by atoms with Gasteiger partial charge in [-0.1, -0.05) is 0 Å². The van der Waals surface area contributed by atoms with Crippen molar-refractivity contribution in [1.29, 1.82) is 0 Å². The quantitative estimate of drug-likeness (QED) is 0.574. The molecule has 64 valence electrons. The zero-order valence-corrected chi connectivity index (χ0v) is 7.21. The molecule has 1 heterocycles. The number of hydrogen-bond donors (Lipinski definition) is 1. The van der Waals surface area contributed by atoms with Crippen LogP contribution < -0.4 is 5.73 Å². The first-order valence-electron chi connectivity index (χ1n) is 4.06. The Hall–Kier alpha value is -0.410. The standard InChI is InChI=1S/C8H16N2O/c1-6(11)7-3-4-10(2)5-8(7)9/h7-8H,3-5,9H2,1-2H3. The van der Waals surface area contributed by atoms with Crippen LogP contribution in [0.2, 0.25) is 0 Å². The fraction of sp³-hybridized carbons (Fsp3) is 0.875.